The Labute approximate surface area is 135 Å². The molecule has 0 fully saturated rings. The van der Waals surface area contributed by atoms with Crippen LogP contribution in [0.4, 0.5) is 0 Å². The minimum Gasteiger partial charge on any atom is -0.497 e. The van der Waals surface area contributed by atoms with Gasteiger partial charge in [-0.1, -0.05) is 30.3 Å². The Morgan fingerprint density at radius 1 is 1.13 bits per heavy atom. The molecule has 23 heavy (non-hydrogen) atoms. The highest BCUT2D eigenvalue weighted by Gasteiger charge is 2.25. The van der Waals surface area contributed by atoms with E-state index in [1.165, 1.54) is 19.2 Å². The van der Waals surface area contributed by atoms with Gasteiger partial charge in [0.2, 0.25) is 10.0 Å². The number of hydrogen-bond acceptors (Lipinski definition) is 5. The zero-order valence-electron chi connectivity index (χ0n) is 12.6. The number of nitrogens with zero attached hydrogens (tertiary/aromatic N) is 1. The third kappa shape index (κ3) is 3.52. The number of hydrazone groups is 1. The second kappa shape index (κ2) is 6.39. The predicted molar refractivity (Wildman–Crippen MR) is 87.8 cm³/mol. The Bertz CT molecular complexity index is 802. The van der Waals surface area contributed by atoms with Gasteiger partial charge in [-0.2, -0.15) is 9.82 Å². The summed E-state index contributed by atoms with van der Waals surface area (Å²) in [5, 5.41) is 4.21. The predicted octanol–water partition coefficient (Wildman–Crippen LogP) is 1.70. The van der Waals surface area contributed by atoms with Gasteiger partial charge in [-0.3, -0.25) is 5.43 Å². The van der Waals surface area contributed by atoms with E-state index in [0.29, 0.717) is 12.2 Å². The topological polar surface area (TPSA) is 79.8 Å². The lowest BCUT2D eigenvalue weighted by Gasteiger charge is -2.13. The van der Waals surface area contributed by atoms with Crippen LogP contribution in [0.25, 0.3) is 0 Å². The van der Waals surface area contributed by atoms with Crippen molar-refractivity contribution in [3.05, 3.63) is 60.2 Å². The molecule has 1 heterocycles. The van der Waals surface area contributed by atoms with E-state index in [9.17, 15) is 8.42 Å². The van der Waals surface area contributed by atoms with E-state index in [1.54, 1.807) is 12.1 Å². The summed E-state index contributed by atoms with van der Waals surface area (Å²) in [7, 11) is -2.08. The second-order valence-electron chi connectivity index (χ2n) is 5.11. The number of ether oxygens (including phenoxy) is 1. The third-order valence-electron chi connectivity index (χ3n) is 3.53. The van der Waals surface area contributed by atoms with Crippen LogP contribution in [-0.2, 0) is 10.0 Å². The first-order valence-electron chi connectivity index (χ1n) is 7.12. The standard InChI is InChI=1S/C16H17N3O3S/c1-22-13-7-9-14(10-8-13)23(20,21)19-16-11-15(17-18-16)12-5-3-2-4-6-12/h2-10,16,18-19H,11H2,1H3. The molecule has 120 valence electrons. The van der Waals surface area contributed by atoms with Crippen molar-refractivity contribution in [2.24, 2.45) is 5.10 Å². The molecule has 2 aromatic carbocycles. The van der Waals surface area contributed by atoms with Crippen LogP contribution < -0.4 is 14.9 Å². The summed E-state index contributed by atoms with van der Waals surface area (Å²) in [6.07, 6.45) is 0.0247. The Kier molecular flexibility index (Phi) is 4.31. The van der Waals surface area contributed by atoms with E-state index in [-0.39, 0.29) is 4.90 Å². The summed E-state index contributed by atoms with van der Waals surface area (Å²) in [4.78, 5) is 0.188. The molecule has 0 amide bonds. The summed E-state index contributed by atoms with van der Waals surface area (Å²) in [5.74, 6) is 0.609. The van der Waals surface area contributed by atoms with Crippen LogP contribution in [0.2, 0.25) is 0 Å². The zero-order valence-corrected chi connectivity index (χ0v) is 13.4. The molecule has 2 aromatic rings. The molecule has 0 saturated carbocycles. The van der Waals surface area contributed by atoms with Crippen molar-refractivity contribution in [3.63, 3.8) is 0 Å². The molecule has 0 bridgehead atoms. The van der Waals surface area contributed by atoms with Gasteiger partial charge in [-0.25, -0.2) is 8.42 Å². The lowest BCUT2D eigenvalue weighted by atomic mass is 10.1. The smallest absolute Gasteiger partial charge is 0.242 e. The SMILES string of the molecule is COc1ccc(S(=O)(=O)NC2CC(c3ccccc3)=NN2)cc1. The van der Waals surface area contributed by atoms with Crippen LogP contribution in [0.5, 0.6) is 5.75 Å². The Balaban J connectivity index is 1.68. The van der Waals surface area contributed by atoms with E-state index >= 15 is 0 Å². The first kappa shape index (κ1) is 15.5. The van der Waals surface area contributed by atoms with Crippen LogP contribution in [-0.4, -0.2) is 27.4 Å². The van der Waals surface area contributed by atoms with Crippen molar-refractivity contribution >= 4 is 15.7 Å². The molecule has 1 aliphatic heterocycles. The summed E-state index contributed by atoms with van der Waals surface area (Å²) in [6, 6.07) is 15.9. The molecule has 3 rings (SSSR count). The highest BCUT2D eigenvalue weighted by molar-refractivity contribution is 7.89. The number of sulfonamides is 1. The fourth-order valence-corrected chi connectivity index (χ4v) is 3.47. The summed E-state index contributed by atoms with van der Waals surface area (Å²) in [5.41, 5.74) is 4.63. The Morgan fingerprint density at radius 3 is 2.48 bits per heavy atom. The van der Waals surface area contributed by atoms with Gasteiger partial charge in [0, 0.05) is 6.42 Å². The molecule has 1 aliphatic rings. The van der Waals surface area contributed by atoms with Gasteiger partial charge in [-0.15, -0.1) is 0 Å². The number of hydrogen-bond donors (Lipinski definition) is 2. The maximum Gasteiger partial charge on any atom is 0.242 e. The minimum absolute atomic E-state index is 0.188. The van der Waals surface area contributed by atoms with Crippen LogP contribution in [0.15, 0.2) is 64.6 Å². The van der Waals surface area contributed by atoms with Gasteiger partial charge < -0.3 is 4.74 Å². The monoisotopic (exact) mass is 331 g/mol. The van der Waals surface area contributed by atoms with Crippen molar-refractivity contribution < 1.29 is 13.2 Å². The highest BCUT2D eigenvalue weighted by Crippen LogP contribution is 2.17. The first-order valence-corrected chi connectivity index (χ1v) is 8.61. The lowest BCUT2D eigenvalue weighted by Crippen LogP contribution is -2.40. The molecule has 6 nitrogen and oxygen atoms in total. The molecule has 2 N–H and O–H groups in total. The molecule has 0 aromatic heterocycles. The number of nitrogens with one attached hydrogen (secondary N) is 2. The van der Waals surface area contributed by atoms with E-state index < -0.39 is 16.2 Å². The van der Waals surface area contributed by atoms with Crippen molar-refractivity contribution in [1.29, 1.82) is 0 Å². The van der Waals surface area contributed by atoms with Gasteiger partial charge in [0.05, 0.1) is 17.7 Å². The van der Waals surface area contributed by atoms with Crippen molar-refractivity contribution in [1.82, 2.24) is 10.1 Å². The summed E-state index contributed by atoms with van der Waals surface area (Å²) < 4.78 is 32.4. The van der Waals surface area contributed by atoms with E-state index in [2.05, 4.69) is 15.2 Å². The van der Waals surface area contributed by atoms with Crippen molar-refractivity contribution in [2.75, 3.05) is 7.11 Å². The highest BCUT2D eigenvalue weighted by atomic mass is 32.2. The first-order chi connectivity index (χ1) is 11.1. The minimum atomic E-state index is -3.62. The van der Waals surface area contributed by atoms with Crippen LogP contribution in [0, 0.1) is 0 Å². The molecule has 0 spiro atoms. The number of benzene rings is 2. The number of rotatable bonds is 5. The molecular weight excluding hydrogens is 314 g/mol. The number of methoxy groups -OCH3 is 1. The van der Waals surface area contributed by atoms with Crippen LogP contribution in [0.1, 0.15) is 12.0 Å². The fourth-order valence-electron chi connectivity index (χ4n) is 2.33. The fraction of sp³-hybridized carbons (Fsp3) is 0.188. The molecule has 0 saturated heterocycles. The molecule has 0 aliphatic carbocycles. The van der Waals surface area contributed by atoms with Crippen molar-refractivity contribution in [2.45, 2.75) is 17.5 Å². The van der Waals surface area contributed by atoms with Gasteiger partial charge in [-0.05, 0) is 29.8 Å². The Morgan fingerprint density at radius 2 is 1.83 bits per heavy atom. The Hall–Kier alpha value is -2.38. The van der Waals surface area contributed by atoms with Gasteiger partial charge in [0.15, 0.2) is 0 Å². The molecule has 0 radical (unpaired) electrons. The molecule has 1 unspecified atom stereocenters. The molecule has 7 heteroatoms. The summed E-state index contributed by atoms with van der Waals surface area (Å²) in [6.45, 7) is 0. The second-order valence-corrected chi connectivity index (χ2v) is 6.82. The average Bonchev–Trinajstić information content (AvgIpc) is 3.03. The van der Waals surface area contributed by atoms with Crippen LogP contribution >= 0.6 is 0 Å². The van der Waals surface area contributed by atoms with Gasteiger partial charge in [0.1, 0.15) is 11.9 Å². The maximum absolute atomic E-state index is 12.4. The third-order valence-corrected chi connectivity index (χ3v) is 5.01. The molecular formula is C16H17N3O3S. The normalized spacial score (nSPS) is 17.4. The quantitative estimate of drug-likeness (QED) is 0.874. The van der Waals surface area contributed by atoms with Crippen molar-refractivity contribution in [3.8, 4) is 5.75 Å². The zero-order chi connectivity index (χ0) is 16.3. The van der Waals surface area contributed by atoms with E-state index in [4.69, 9.17) is 4.74 Å². The van der Waals surface area contributed by atoms with E-state index in [0.717, 1.165) is 11.3 Å². The molecule has 1 atom stereocenters. The lowest BCUT2D eigenvalue weighted by molar-refractivity contribution is 0.414. The van der Waals surface area contributed by atoms with Gasteiger partial charge >= 0.3 is 0 Å². The maximum atomic E-state index is 12.4. The largest absolute Gasteiger partial charge is 0.497 e. The van der Waals surface area contributed by atoms with Gasteiger partial charge in [0.25, 0.3) is 0 Å². The summed E-state index contributed by atoms with van der Waals surface area (Å²) >= 11 is 0. The average molecular weight is 331 g/mol. The van der Waals surface area contributed by atoms with Crippen LogP contribution in [0.3, 0.4) is 0 Å². The van der Waals surface area contributed by atoms with E-state index in [1.807, 2.05) is 30.3 Å².